The summed E-state index contributed by atoms with van der Waals surface area (Å²) in [5, 5.41) is 3.25. The highest BCUT2D eigenvalue weighted by molar-refractivity contribution is 5.68. The normalized spacial score (nSPS) is 20.1. The molecule has 17 heavy (non-hydrogen) atoms. The highest BCUT2D eigenvalue weighted by Gasteiger charge is 2.25. The van der Waals surface area contributed by atoms with Crippen molar-refractivity contribution in [2.24, 2.45) is 0 Å². The average Bonchev–Trinajstić information content (AvgIpc) is 2.29. The van der Waals surface area contributed by atoms with E-state index in [1.165, 1.54) is 0 Å². The predicted octanol–water partition coefficient (Wildman–Crippen LogP) is 2.65. The second-order valence-corrected chi connectivity index (χ2v) is 4.72. The van der Waals surface area contributed by atoms with Crippen molar-refractivity contribution in [1.82, 2.24) is 10.2 Å². The first kappa shape index (κ1) is 16.0. The lowest BCUT2D eigenvalue weighted by molar-refractivity contribution is 0.0210. The zero-order valence-electron chi connectivity index (χ0n) is 11.7. The molecule has 1 aliphatic rings. The largest absolute Gasteiger partial charge is 0.444 e. The van der Waals surface area contributed by atoms with Crippen molar-refractivity contribution in [3.05, 3.63) is 12.7 Å². The van der Waals surface area contributed by atoms with Crippen LogP contribution in [0.5, 0.6) is 0 Å². The van der Waals surface area contributed by atoms with E-state index in [0.29, 0.717) is 13.1 Å². The molecule has 0 aromatic heterocycles. The Kier molecular flexibility index (Phi) is 6.88. The molecule has 0 aliphatic carbocycles. The molecule has 0 radical (unpaired) electrons. The summed E-state index contributed by atoms with van der Waals surface area (Å²) in [6, 6.07) is 0.172. The van der Waals surface area contributed by atoms with Gasteiger partial charge in [-0.05, 0) is 20.8 Å². The molecule has 1 fully saturated rings. The molecular formula is C13H28N2O2. The van der Waals surface area contributed by atoms with E-state index in [9.17, 15) is 4.79 Å². The van der Waals surface area contributed by atoms with Crippen LogP contribution in [0.25, 0.3) is 0 Å². The number of rotatable bonds is 1. The first-order valence-corrected chi connectivity index (χ1v) is 6.26. The molecular weight excluding hydrogens is 216 g/mol. The number of carbonyl (C=O) groups excluding carboxylic acids is 1. The Morgan fingerprint density at radius 3 is 2.59 bits per heavy atom. The maximum absolute atomic E-state index is 11.7. The van der Waals surface area contributed by atoms with Crippen molar-refractivity contribution in [2.45, 2.75) is 46.3 Å². The predicted molar refractivity (Wildman–Crippen MR) is 73.3 cm³/mol. The highest BCUT2D eigenvalue weighted by atomic mass is 16.6. The second kappa shape index (κ2) is 7.33. The Hall–Kier alpha value is -1.03. The van der Waals surface area contributed by atoms with Crippen molar-refractivity contribution < 1.29 is 11.0 Å². The molecule has 0 unspecified atom stereocenters. The van der Waals surface area contributed by atoms with Crippen molar-refractivity contribution in [1.29, 1.82) is 0 Å². The van der Waals surface area contributed by atoms with Gasteiger partial charge >= 0.3 is 6.09 Å². The van der Waals surface area contributed by atoms with Crippen LogP contribution in [-0.2, 0) is 4.74 Å². The smallest absolute Gasteiger partial charge is 0.410 e. The number of nitrogens with one attached hydrogen (secondary N) is 1. The lowest BCUT2D eigenvalue weighted by atomic mass is 10.2. The van der Waals surface area contributed by atoms with Gasteiger partial charge in [0.25, 0.3) is 0 Å². The van der Waals surface area contributed by atoms with Gasteiger partial charge < -0.3 is 15.0 Å². The molecule has 0 aromatic rings. The van der Waals surface area contributed by atoms with Crippen LogP contribution in [0, 0.1) is 0 Å². The molecule has 1 amide bonds. The van der Waals surface area contributed by atoms with E-state index >= 15 is 0 Å². The number of amides is 1. The van der Waals surface area contributed by atoms with E-state index in [1.54, 1.807) is 4.90 Å². The SMILES string of the molecule is C=C[C@@H]1CN(C(=O)OC(C)(C)C)CCN1.CC.[HH]. The minimum Gasteiger partial charge on any atom is -0.444 e. The molecule has 102 valence electrons. The summed E-state index contributed by atoms with van der Waals surface area (Å²) in [4.78, 5) is 13.4. The van der Waals surface area contributed by atoms with Gasteiger partial charge in [0.2, 0.25) is 0 Å². The fourth-order valence-electron chi connectivity index (χ4n) is 1.43. The first-order valence-electron chi connectivity index (χ1n) is 6.26. The molecule has 1 atom stereocenters. The third kappa shape index (κ3) is 6.31. The maximum atomic E-state index is 11.7. The molecule has 0 spiro atoms. The van der Waals surface area contributed by atoms with Crippen molar-refractivity contribution >= 4 is 6.09 Å². The summed E-state index contributed by atoms with van der Waals surface area (Å²) in [6.07, 6.45) is 1.58. The minimum absolute atomic E-state index is 0. The summed E-state index contributed by atoms with van der Waals surface area (Å²) >= 11 is 0. The van der Waals surface area contributed by atoms with Gasteiger partial charge in [-0.25, -0.2) is 4.79 Å². The molecule has 0 bridgehead atoms. The van der Waals surface area contributed by atoms with Crippen LogP contribution < -0.4 is 5.32 Å². The quantitative estimate of drug-likeness (QED) is 0.721. The van der Waals surface area contributed by atoms with Crippen LogP contribution in [0.15, 0.2) is 12.7 Å². The van der Waals surface area contributed by atoms with Crippen LogP contribution in [0.4, 0.5) is 4.79 Å². The van der Waals surface area contributed by atoms with E-state index in [1.807, 2.05) is 40.7 Å². The molecule has 0 saturated carbocycles. The second-order valence-electron chi connectivity index (χ2n) is 4.72. The number of hydrogen-bond donors (Lipinski definition) is 1. The van der Waals surface area contributed by atoms with Crippen LogP contribution >= 0.6 is 0 Å². The number of ether oxygens (including phenoxy) is 1. The molecule has 4 nitrogen and oxygen atoms in total. The molecule has 1 aliphatic heterocycles. The topological polar surface area (TPSA) is 41.6 Å². The zero-order chi connectivity index (χ0) is 13.5. The minimum atomic E-state index is -0.425. The third-order valence-electron chi connectivity index (χ3n) is 2.14. The van der Waals surface area contributed by atoms with Gasteiger partial charge in [0, 0.05) is 27.1 Å². The Morgan fingerprint density at radius 2 is 2.12 bits per heavy atom. The highest BCUT2D eigenvalue weighted by Crippen LogP contribution is 2.11. The van der Waals surface area contributed by atoms with E-state index in [2.05, 4.69) is 11.9 Å². The lowest BCUT2D eigenvalue weighted by Gasteiger charge is -2.33. The Morgan fingerprint density at radius 1 is 1.53 bits per heavy atom. The first-order chi connectivity index (χ1) is 7.92. The molecule has 0 aromatic carbocycles. The van der Waals surface area contributed by atoms with Gasteiger partial charge in [-0.3, -0.25) is 0 Å². The van der Waals surface area contributed by atoms with E-state index in [4.69, 9.17) is 4.74 Å². The molecule has 1 heterocycles. The zero-order valence-corrected chi connectivity index (χ0v) is 11.7. The molecule has 4 heteroatoms. The molecule has 1 rings (SSSR count). The summed E-state index contributed by atoms with van der Waals surface area (Å²) in [5.41, 5.74) is -0.425. The number of nitrogens with zero attached hydrogens (tertiary/aromatic N) is 1. The molecule has 1 N–H and O–H groups in total. The Bertz CT molecular complexity index is 252. The van der Waals surface area contributed by atoms with Crippen molar-refractivity contribution in [2.75, 3.05) is 19.6 Å². The summed E-state index contributed by atoms with van der Waals surface area (Å²) in [7, 11) is 0. The van der Waals surface area contributed by atoms with Gasteiger partial charge in [-0.2, -0.15) is 0 Å². The summed E-state index contributed by atoms with van der Waals surface area (Å²) in [6.45, 7) is 15.4. The van der Waals surface area contributed by atoms with Crippen molar-refractivity contribution in [3.63, 3.8) is 0 Å². The lowest BCUT2D eigenvalue weighted by Crippen LogP contribution is -2.52. The fraction of sp³-hybridized carbons (Fsp3) is 0.769. The van der Waals surface area contributed by atoms with Crippen molar-refractivity contribution in [3.8, 4) is 0 Å². The standard InChI is InChI=1S/C11H20N2O2.C2H6.H2/c1-5-9-8-13(7-6-12-9)10(14)15-11(2,3)4;1-2;/h5,9,12H,1,6-8H2,2-4H3;1-2H3;1H/t9-;;/m1../s1. The van der Waals surface area contributed by atoms with Gasteiger partial charge in [0.05, 0.1) is 0 Å². The van der Waals surface area contributed by atoms with Crippen LogP contribution in [0.3, 0.4) is 0 Å². The van der Waals surface area contributed by atoms with E-state index in [-0.39, 0.29) is 13.6 Å². The van der Waals surface area contributed by atoms with E-state index in [0.717, 1.165) is 6.54 Å². The third-order valence-corrected chi connectivity index (χ3v) is 2.14. The Balaban J connectivity index is 0. The van der Waals surface area contributed by atoms with E-state index < -0.39 is 5.60 Å². The molecule has 1 saturated heterocycles. The maximum Gasteiger partial charge on any atom is 0.410 e. The number of piperazine rings is 1. The number of carbonyl (C=O) groups is 1. The Labute approximate surface area is 106 Å². The van der Waals surface area contributed by atoms with Crippen LogP contribution in [0.2, 0.25) is 0 Å². The van der Waals surface area contributed by atoms with Crippen LogP contribution in [0.1, 0.15) is 36.0 Å². The van der Waals surface area contributed by atoms with Gasteiger partial charge in [0.1, 0.15) is 5.60 Å². The summed E-state index contributed by atoms with van der Waals surface area (Å²) in [5.74, 6) is 0. The van der Waals surface area contributed by atoms with Gasteiger partial charge in [0.15, 0.2) is 0 Å². The van der Waals surface area contributed by atoms with Gasteiger partial charge in [-0.15, -0.1) is 6.58 Å². The average molecular weight is 244 g/mol. The number of hydrogen-bond acceptors (Lipinski definition) is 3. The monoisotopic (exact) mass is 244 g/mol. The fourth-order valence-corrected chi connectivity index (χ4v) is 1.43. The van der Waals surface area contributed by atoms with Gasteiger partial charge in [-0.1, -0.05) is 19.9 Å². The summed E-state index contributed by atoms with van der Waals surface area (Å²) < 4.78 is 5.29. The van der Waals surface area contributed by atoms with Crippen LogP contribution in [-0.4, -0.2) is 42.3 Å².